The Morgan fingerprint density at radius 3 is 2.68 bits per heavy atom. The van der Waals surface area contributed by atoms with Crippen molar-refractivity contribution in [2.24, 2.45) is 0 Å². The summed E-state index contributed by atoms with van der Waals surface area (Å²) in [6, 6.07) is 15.5. The molecular weight excluding hydrogens is 390 g/mol. The van der Waals surface area contributed by atoms with Crippen LogP contribution in [-0.2, 0) is 17.7 Å². The van der Waals surface area contributed by atoms with Gasteiger partial charge in [-0.25, -0.2) is 14.8 Å². The van der Waals surface area contributed by atoms with Gasteiger partial charge in [-0.2, -0.15) is 0 Å². The molecule has 7 nitrogen and oxygen atoms in total. The van der Waals surface area contributed by atoms with E-state index in [1.807, 2.05) is 47.0 Å². The zero-order chi connectivity index (χ0) is 21.8. The smallest absolute Gasteiger partial charge is 0.338 e. The summed E-state index contributed by atoms with van der Waals surface area (Å²) in [5.41, 5.74) is 5.01. The van der Waals surface area contributed by atoms with Crippen molar-refractivity contribution in [3.8, 4) is 11.1 Å². The minimum Gasteiger partial charge on any atom is -0.465 e. The predicted octanol–water partition coefficient (Wildman–Crippen LogP) is 4.08. The van der Waals surface area contributed by atoms with Gasteiger partial charge in [0.2, 0.25) is 0 Å². The zero-order valence-corrected chi connectivity index (χ0v) is 17.7. The second kappa shape index (κ2) is 8.95. The van der Waals surface area contributed by atoms with Crippen molar-refractivity contribution in [1.29, 1.82) is 5.41 Å². The molecule has 0 aliphatic carbocycles. The van der Waals surface area contributed by atoms with Crippen LogP contribution >= 0.6 is 0 Å². The lowest BCUT2D eigenvalue weighted by molar-refractivity contribution is 0.0601. The van der Waals surface area contributed by atoms with Crippen LogP contribution in [0, 0.1) is 5.41 Å². The summed E-state index contributed by atoms with van der Waals surface area (Å²) in [4.78, 5) is 24.2. The van der Waals surface area contributed by atoms with Crippen LogP contribution in [0.5, 0.6) is 0 Å². The summed E-state index contributed by atoms with van der Waals surface area (Å²) in [5.74, 6) is 0.540. The molecule has 0 amide bonds. The van der Waals surface area contributed by atoms with E-state index < -0.39 is 0 Å². The number of fused-ring (bicyclic) bond motifs is 1. The van der Waals surface area contributed by atoms with Gasteiger partial charge in [0.05, 0.1) is 25.5 Å². The number of nitrogens with zero attached hydrogens (tertiary/aromatic N) is 3. The first-order chi connectivity index (χ1) is 15.1. The maximum atomic E-state index is 12.1. The van der Waals surface area contributed by atoms with Gasteiger partial charge in [0.15, 0.2) is 11.1 Å². The van der Waals surface area contributed by atoms with E-state index in [0.29, 0.717) is 17.6 Å². The number of carbonyl (C=O) groups excluding carboxylic acids is 1. The summed E-state index contributed by atoms with van der Waals surface area (Å²) in [5, 5.41) is 8.09. The lowest BCUT2D eigenvalue weighted by Crippen LogP contribution is -2.13. The van der Waals surface area contributed by atoms with E-state index in [0.717, 1.165) is 47.4 Å². The van der Waals surface area contributed by atoms with E-state index in [9.17, 15) is 4.79 Å². The minimum atomic E-state index is -0.350. The molecule has 0 fully saturated rings. The quantitative estimate of drug-likeness (QED) is 0.445. The molecule has 2 aromatic heterocycles. The molecule has 4 rings (SSSR count). The molecule has 0 unspecified atom stereocenters. The van der Waals surface area contributed by atoms with Crippen LogP contribution in [0.2, 0.25) is 0 Å². The Morgan fingerprint density at radius 1 is 1.16 bits per heavy atom. The standard InChI is InChI=1S/C24H25N5O2/c1-3-4-9-20-27-21-22(25)26-15-29(23(21)28-20)14-16-10-12-17(13-11-16)18-7-5-6-8-19(18)24(30)31-2/h5-8,10-13,15,25H,3-4,9,14H2,1-2H3,(H,27,28). The highest BCUT2D eigenvalue weighted by Gasteiger charge is 2.13. The van der Waals surface area contributed by atoms with Crippen LogP contribution < -0.4 is 5.49 Å². The summed E-state index contributed by atoms with van der Waals surface area (Å²) in [6.45, 7) is 2.73. The number of aromatic amines is 1. The third-order valence-corrected chi connectivity index (χ3v) is 5.29. The Labute approximate surface area is 180 Å². The van der Waals surface area contributed by atoms with Gasteiger partial charge in [-0.3, -0.25) is 5.41 Å². The number of hydrogen-bond donors (Lipinski definition) is 2. The highest BCUT2D eigenvalue weighted by molar-refractivity contribution is 5.97. The molecule has 2 N–H and O–H groups in total. The van der Waals surface area contributed by atoms with Crippen LogP contribution in [0.15, 0.2) is 54.9 Å². The topological polar surface area (TPSA) is 96.6 Å². The fourth-order valence-corrected chi connectivity index (χ4v) is 3.62. The molecule has 2 heterocycles. The molecule has 0 aliphatic rings. The van der Waals surface area contributed by atoms with Crippen molar-refractivity contribution >= 4 is 17.1 Å². The monoisotopic (exact) mass is 415 g/mol. The van der Waals surface area contributed by atoms with Gasteiger partial charge in [0.1, 0.15) is 11.3 Å². The summed E-state index contributed by atoms with van der Waals surface area (Å²) in [6.07, 6.45) is 4.66. The molecule has 31 heavy (non-hydrogen) atoms. The fourth-order valence-electron chi connectivity index (χ4n) is 3.62. The van der Waals surface area contributed by atoms with Gasteiger partial charge in [-0.05, 0) is 29.2 Å². The van der Waals surface area contributed by atoms with Crippen LogP contribution in [0.3, 0.4) is 0 Å². The Bertz CT molecular complexity index is 1270. The highest BCUT2D eigenvalue weighted by Crippen LogP contribution is 2.25. The zero-order valence-electron chi connectivity index (χ0n) is 17.7. The average Bonchev–Trinajstić information content (AvgIpc) is 3.25. The molecule has 0 spiro atoms. The number of carbonyl (C=O) groups is 1. The first kappa shape index (κ1) is 20.5. The van der Waals surface area contributed by atoms with Crippen molar-refractivity contribution in [2.45, 2.75) is 32.7 Å². The second-order valence-electron chi connectivity index (χ2n) is 7.44. The molecule has 2 aromatic carbocycles. The number of rotatable bonds is 7. The van der Waals surface area contributed by atoms with Crippen LogP contribution in [0.4, 0.5) is 0 Å². The largest absolute Gasteiger partial charge is 0.465 e. The first-order valence-electron chi connectivity index (χ1n) is 10.4. The number of benzene rings is 2. The number of aromatic nitrogens is 4. The number of nitrogens with one attached hydrogen (secondary N) is 2. The van der Waals surface area contributed by atoms with Crippen molar-refractivity contribution < 1.29 is 9.53 Å². The Kier molecular flexibility index (Phi) is 5.93. The lowest BCUT2D eigenvalue weighted by Gasteiger charge is -2.10. The molecule has 0 saturated carbocycles. The van der Waals surface area contributed by atoms with Crippen molar-refractivity contribution in [2.75, 3.05) is 7.11 Å². The van der Waals surface area contributed by atoms with Gasteiger partial charge in [-0.15, -0.1) is 0 Å². The van der Waals surface area contributed by atoms with E-state index in [2.05, 4.69) is 16.9 Å². The fraction of sp³-hybridized carbons (Fsp3) is 0.250. The van der Waals surface area contributed by atoms with Crippen LogP contribution in [0.1, 0.15) is 41.5 Å². The Balaban J connectivity index is 1.63. The van der Waals surface area contributed by atoms with Crippen molar-refractivity contribution in [3.05, 3.63) is 77.3 Å². The summed E-state index contributed by atoms with van der Waals surface area (Å²) in [7, 11) is 1.39. The van der Waals surface area contributed by atoms with Crippen molar-refractivity contribution in [3.63, 3.8) is 0 Å². The van der Waals surface area contributed by atoms with Gasteiger partial charge in [0.25, 0.3) is 0 Å². The molecule has 0 saturated heterocycles. The number of H-pyrrole nitrogens is 1. The van der Waals surface area contributed by atoms with E-state index >= 15 is 0 Å². The normalized spacial score (nSPS) is 11.0. The van der Waals surface area contributed by atoms with Crippen LogP contribution in [-0.4, -0.2) is 32.6 Å². The lowest BCUT2D eigenvalue weighted by atomic mass is 9.98. The van der Waals surface area contributed by atoms with Gasteiger partial charge in [0, 0.05) is 6.42 Å². The molecule has 0 atom stereocenters. The molecule has 0 radical (unpaired) electrons. The molecule has 7 heteroatoms. The van der Waals surface area contributed by atoms with Gasteiger partial charge in [-0.1, -0.05) is 55.8 Å². The number of methoxy groups -OCH3 is 1. The van der Waals surface area contributed by atoms with Crippen LogP contribution in [0.25, 0.3) is 22.3 Å². The minimum absolute atomic E-state index is 0.205. The number of imidazole rings is 1. The number of ether oxygens (including phenoxy) is 1. The van der Waals surface area contributed by atoms with E-state index in [1.165, 1.54) is 7.11 Å². The highest BCUT2D eigenvalue weighted by atomic mass is 16.5. The maximum absolute atomic E-state index is 12.1. The molecular formula is C24H25N5O2. The van der Waals surface area contributed by atoms with E-state index in [-0.39, 0.29) is 11.5 Å². The Morgan fingerprint density at radius 2 is 1.94 bits per heavy atom. The third-order valence-electron chi connectivity index (χ3n) is 5.29. The SMILES string of the molecule is CCCCc1nc2c([nH]1)c(=N)ncn2Cc1ccc(-c2ccccc2C(=O)OC)cc1. The van der Waals surface area contributed by atoms with E-state index in [4.69, 9.17) is 15.1 Å². The average molecular weight is 415 g/mol. The van der Waals surface area contributed by atoms with Gasteiger partial charge < -0.3 is 14.3 Å². The molecule has 0 bridgehead atoms. The Hall–Kier alpha value is -3.74. The molecule has 158 valence electrons. The molecule has 0 aliphatic heterocycles. The number of aryl methyl sites for hydroxylation is 1. The number of esters is 1. The summed E-state index contributed by atoms with van der Waals surface area (Å²) >= 11 is 0. The summed E-state index contributed by atoms with van der Waals surface area (Å²) < 4.78 is 6.86. The predicted molar refractivity (Wildman–Crippen MR) is 119 cm³/mol. The maximum Gasteiger partial charge on any atom is 0.338 e. The number of hydrogen-bond acceptors (Lipinski definition) is 5. The first-order valence-corrected chi connectivity index (χ1v) is 10.4. The number of unbranched alkanes of at least 4 members (excludes halogenated alkanes) is 1. The third kappa shape index (κ3) is 4.26. The van der Waals surface area contributed by atoms with Crippen molar-refractivity contribution in [1.82, 2.24) is 19.5 Å². The van der Waals surface area contributed by atoms with E-state index in [1.54, 1.807) is 12.4 Å². The molecule has 4 aromatic rings. The second-order valence-corrected chi connectivity index (χ2v) is 7.44. The van der Waals surface area contributed by atoms with Gasteiger partial charge >= 0.3 is 5.97 Å².